The summed E-state index contributed by atoms with van der Waals surface area (Å²) in [7, 11) is 0. The predicted octanol–water partition coefficient (Wildman–Crippen LogP) is 2.68. The Labute approximate surface area is 127 Å². The first-order chi connectivity index (χ1) is 9.74. The topological polar surface area (TPSA) is 58.6 Å². The van der Waals surface area contributed by atoms with E-state index in [1.54, 1.807) is 0 Å². The molecule has 0 spiro atoms. The van der Waals surface area contributed by atoms with E-state index in [0.29, 0.717) is 0 Å². The lowest BCUT2D eigenvalue weighted by Crippen LogP contribution is -2.43. The maximum atomic E-state index is 12.5. The summed E-state index contributed by atoms with van der Waals surface area (Å²) < 4.78 is 5.93. The summed E-state index contributed by atoms with van der Waals surface area (Å²) in [6, 6.07) is 9.35. The molecule has 0 aliphatic carbocycles. The SMILES string of the molecule is CC(CO)C(C)NC(=O)C(OC(C)(C)C)c1ccccc1. The summed E-state index contributed by atoms with van der Waals surface area (Å²) in [4.78, 5) is 12.5. The molecular formula is C17H27NO3. The molecule has 0 aliphatic rings. The Hall–Kier alpha value is -1.39. The number of ether oxygens (including phenoxy) is 1. The Morgan fingerprint density at radius 3 is 2.29 bits per heavy atom. The summed E-state index contributed by atoms with van der Waals surface area (Å²) in [6.07, 6.45) is -0.653. The van der Waals surface area contributed by atoms with Crippen molar-refractivity contribution < 1.29 is 14.6 Å². The molecule has 1 rings (SSSR count). The molecule has 1 aromatic rings. The van der Waals surface area contributed by atoms with E-state index >= 15 is 0 Å². The maximum Gasteiger partial charge on any atom is 0.254 e. The first kappa shape index (κ1) is 17.7. The zero-order valence-electron chi connectivity index (χ0n) is 13.6. The Morgan fingerprint density at radius 2 is 1.81 bits per heavy atom. The van der Waals surface area contributed by atoms with Crippen LogP contribution in [-0.2, 0) is 9.53 Å². The van der Waals surface area contributed by atoms with Gasteiger partial charge in [-0.3, -0.25) is 4.79 Å². The lowest BCUT2D eigenvalue weighted by atomic mass is 10.0. The lowest BCUT2D eigenvalue weighted by molar-refractivity contribution is -0.144. The Balaban J connectivity index is 2.89. The predicted molar refractivity (Wildman–Crippen MR) is 83.9 cm³/mol. The highest BCUT2D eigenvalue weighted by Gasteiger charge is 2.28. The molecule has 4 nitrogen and oxygen atoms in total. The van der Waals surface area contributed by atoms with Crippen molar-refractivity contribution in [2.24, 2.45) is 5.92 Å². The quantitative estimate of drug-likeness (QED) is 0.848. The van der Waals surface area contributed by atoms with Gasteiger partial charge < -0.3 is 15.2 Å². The van der Waals surface area contributed by atoms with Gasteiger partial charge in [-0.2, -0.15) is 0 Å². The number of hydrogen-bond donors (Lipinski definition) is 2. The smallest absolute Gasteiger partial charge is 0.254 e. The van der Waals surface area contributed by atoms with Crippen LogP contribution in [0.15, 0.2) is 30.3 Å². The molecule has 3 atom stereocenters. The highest BCUT2D eigenvalue weighted by molar-refractivity contribution is 5.82. The first-order valence-corrected chi connectivity index (χ1v) is 7.38. The van der Waals surface area contributed by atoms with Crippen molar-refractivity contribution in [3.8, 4) is 0 Å². The molecule has 0 fully saturated rings. The molecule has 0 aliphatic heterocycles. The average molecular weight is 293 g/mol. The summed E-state index contributed by atoms with van der Waals surface area (Å²) in [5.74, 6) is -0.177. The highest BCUT2D eigenvalue weighted by atomic mass is 16.5. The third-order valence-electron chi connectivity index (χ3n) is 3.32. The van der Waals surface area contributed by atoms with Gasteiger partial charge in [-0.15, -0.1) is 0 Å². The third-order valence-corrected chi connectivity index (χ3v) is 3.32. The molecule has 0 aromatic heterocycles. The fraction of sp³-hybridized carbons (Fsp3) is 0.588. The zero-order valence-corrected chi connectivity index (χ0v) is 13.6. The van der Waals surface area contributed by atoms with Crippen molar-refractivity contribution in [1.82, 2.24) is 5.32 Å². The third kappa shape index (κ3) is 5.86. The minimum absolute atomic E-state index is 0.00000934. The van der Waals surface area contributed by atoms with E-state index < -0.39 is 11.7 Å². The van der Waals surface area contributed by atoms with Gasteiger partial charge in [0.15, 0.2) is 6.10 Å². The van der Waals surface area contributed by atoms with Crippen LogP contribution in [0.1, 0.15) is 46.3 Å². The van der Waals surface area contributed by atoms with Crippen molar-refractivity contribution >= 4 is 5.91 Å². The molecule has 1 amide bonds. The van der Waals surface area contributed by atoms with Gasteiger partial charge in [0.05, 0.1) is 5.60 Å². The normalized spacial score (nSPS) is 16.1. The maximum absolute atomic E-state index is 12.5. The molecular weight excluding hydrogens is 266 g/mol. The van der Waals surface area contributed by atoms with E-state index in [-0.39, 0.29) is 24.5 Å². The second-order valence-electron chi connectivity index (χ2n) is 6.48. The number of carbonyl (C=O) groups is 1. The van der Waals surface area contributed by atoms with Gasteiger partial charge in [0.1, 0.15) is 0 Å². The van der Waals surface area contributed by atoms with Crippen molar-refractivity contribution in [3.05, 3.63) is 35.9 Å². The number of carbonyl (C=O) groups excluding carboxylic acids is 1. The number of aliphatic hydroxyl groups excluding tert-OH is 1. The number of rotatable bonds is 6. The van der Waals surface area contributed by atoms with Crippen molar-refractivity contribution in [2.45, 2.75) is 52.4 Å². The van der Waals surface area contributed by atoms with Crippen LogP contribution >= 0.6 is 0 Å². The van der Waals surface area contributed by atoms with E-state index in [0.717, 1.165) is 5.56 Å². The molecule has 3 unspecified atom stereocenters. The second-order valence-corrected chi connectivity index (χ2v) is 6.48. The minimum atomic E-state index is -0.653. The van der Waals surface area contributed by atoms with Gasteiger partial charge in [-0.1, -0.05) is 37.3 Å². The molecule has 118 valence electrons. The summed E-state index contributed by atoms with van der Waals surface area (Å²) in [5, 5.41) is 12.1. The molecule has 0 heterocycles. The molecule has 0 saturated carbocycles. The fourth-order valence-electron chi connectivity index (χ4n) is 1.85. The molecule has 1 aromatic carbocycles. The monoisotopic (exact) mass is 293 g/mol. The lowest BCUT2D eigenvalue weighted by Gasteiger charge is -2.29. The molecule has 21 heavy (non-hydrogen) atoms. The van der Waals surface area contributed by atoms with E-state index in [1.165, 1.54) is 0 Å². The molecule has 2 N–H and O–H groups in total. The van der Waals surface area contributed by atoms with Crippen molar-refractivity contribution in [3.63, 3.8) is 0 Å². The number of amides is 1. The van der Waals surface area contributed by atoms with Gasteiger partial charge in [0.25, 0.3) is 5.91 Å². The van der Waals surface area contributed by atoms with Gasteiger partial charge >= 0.3 is 0 Å². The zero-order chi connectivity index (χ0) is 16.0. The summed E-state index contributed by atoms with van der Waals surface area (Å²) in [6.45, 7) is 9.60. The fourth-order valence-corrected chi connectivity index (χ4v) is 1.85. The highest BCUT2D eigenvalue weighted by Crippen LogP contribution is 2.24. The van der Waals surface area contributed by atoms with Crippen LogP contribution in [0.2, 0.25) is 0 Å². The van der Waals surface area contributed by atoms with E-state index in [4.69, 9.17) is 4.74 Å². The van der Waals surface area contributed by atoms with Crippen molar-refractivity contribution in [2.75, 3.05) is 6.61 Å². The Morgan fingerprint density at radius 1 is 1.24 bits per heavy atom. The van der Waals surface area contributed by atoms with Crippen molar-refractivity contribution in [1.29, 1.82) is 0 Å². The number of nitrogens with one attached hydrogen (secondary N) is 1. The average Bonchev–Trinajstić information content (AvgIpc) is 2.43. The Bertz CT molecular complexity index is 439. The standard InChI is InChI=1S/C17H27NO3/c1-12(11-19)13(2)18-16(20)15(21-17(3,4)5)14-9-7-6-8-10-14/h6-10,12-13,15,19H,11H2,1-5H3,(H,18,20). The number of aliphatic hydroxyl groups is 1. The molecule has 0 bridgehead atoms. The summed E-state index contributed by atoms with van der Waals surface area (Å²) in [5.41, 5.74) is 0.401. The van der Waals surface area contributed by atoms with Crippen LogP contribution in [0.3, 0.4) is 0 Å². The van der Waals surface area contributed by atoms with Gasteiger partial charge in [0, 0.05) is 12.6 Å². The van der Waals surface area contributed by atoms with Crippen LogP contribution in [-0.4, -0.2) is 29.3 Å². The number of hydrogen-bond acceptors (Lipinski definition) is 3. The van der Waals surface area contributed by atoms with Crippen LogP contribution in [0, 0.1) is 5.92 Å². The first-order valence-electron chi connectivity index (χ1n) is 7.38. The van der Waals surface area contributed by atoms with Crippen LogP contribution in [0.5, 0.6) is 0 Å². The van der Waals surface area contributed by atoms with Gasteiger partial charge in [0.2, 0.25) is 0 Å². The van der Waals surface area contributed by atoms with Gasteiger partial charge in [-0.05, 0) is 39.2 Å². The molecule has 0 saturated heterocycles. The van der Waals surface area contributed by atoms with E-state index in [2.05, 4.69) is 5.32 Å². The largest absolute Gasteiger partial charge is 0.396 e. The van der Waals surface area contributed by atoms with Crippen LogP contribution in [0.4, 0.5) is 0 Å². The minimum Gasteiger partial charge on any atom is -0.396 e. The van der Waals surface area contributed by atoms with E-state index in [1.807, 2.05) is 65.0 Å². The van der Waals surface area contributed by atoms with Gasteiger partial charge in [-0.25, -0.2) is 0 Å². The number of benzene rings is 1. The Kier molecular flexibility index (Phi) is 6.37. The van der Waals surface area contributed by atoms with Crippen LogP contribution in [0.25, 0.3) is 0 Å². The summed E-state index contributed by atoms with van der Waals surface area (Å²) >= 11 is 0. The molecule has 0 radical (unpaired) electrons. The van der Waals surface area contributed by atoms with E-state index in [9.17, 15) is 9.90 Å². The second kappa shape index (κ2) is 7.57. The van der Waals surface area contributed by atoms with Crippen LogP contribution < -0.4 is 5.32 Å². The molecule has 4 heteroatoms.